The molecule has 1 N–H and O–H groups in total. The van der Waals surface area contributed by atoms with E-state index in [1.165, 1.54) is 6.26 Å². The number of sulfone groups is 1. The Morgan fingerprint density at radius 1 is 1.38 bits per heavy atom. The van der Waals surface area contributed by atoms with Crippen LogP contribution < -0.4 is 5.32 Å². The van der Waals surface area contributed by atoms with Gasteiger partial charge in [0.25, 0.3) is 0 Å². The summed E-state index contributed by atoms with van der Waals surface area (Å²) in [6.45, 7) is 9.27. The number of rotatable bonds is 3. The zero-order chi connectivity index (χ0) is 12.4. The quantitative estimate of drug-likeness (QED) is 0.790. The molecular formula is C11H24N2O2S. The van der Waals surface area contributed by atoms with Gasteiger partial charge in [-0.2, -0.15) is 0 Å². The van der Waals surface area contributed by atoms with Crippen molar-refractivity contribution in [3.8, 4) is 0 Å². The molecule has 1 saturated heterocycles. The van der Waals surface area contributed by atoms with Crippen LogP contribution in [0.15, 0.2) is 0 Å². The molecule has 1 fully saturated rings. The van der Waals surface area contributed by atoms with E-state index in [0.29, 0.717) is 12.6 Å². The van der Waals surface area contributed by atoms with Gasteiger partial charge >= 0.3 is 0 Å². The number of nitrogens with one attached hydrogen (secondary N) is 1. The molecule has 5 heteroatoms. The minimum atomic E-state index is -2.99. The van der Waals surface area contributed by atoms with Crippen molar-refractivity contribution in [2.45, 2.75) is 38.0 Å². The van der Waals surface area contributed by atoms with Crippen LogP contribution in [-0.2, 0) is 9.84 Å². The summed E-state index contributed by atoms with van der Waals surface area (Å²) in [6.07, 6.45) is 2.41. The van der Waals surface area contributed by atoms with Crippen LogP contribution in [0.25, 0.3) is 0 Å². The molecule has 0 aromatic rings. The molecule has 1 aliphatic rings. The fraction of sp³-hybridized carbons (Fsp3) is 1.00. The Balaban J connectivity index is 2.60. The van der Waals surface area contributed by atoms with Gasteiger partial charge in [-0.1, -0.05) is 0 Å². The molecule has 4 nitrogen and oxygen atoms in total. The SMILES string of the molecule is CC1CCN(CC(C)(C)S(C)(=O)=O)CCN1. The van der Waals surface area contributed by atoms with E-state index in [1.807, 2.05) is 13.8 Å². The van der Waals surface area contributed by atoms with E-state index in [0.717, 1.165) is 26.1 Å². The summed E-state index contributed by atoms with van der Waals surface area (Å²) in [7, 11) is -2.99. The van der Waals surface area contributed by atoms with Crippen LogP contribution in [0.2, 0.25) is 0 Å². The first kappa shape index (κ1) is 13.9. The lowest BCUT2D eigenvalue weighted by Crippen LogP contribution is -2.45. The van der Waals surface area contributed by atoms with Crippen molar-refractivity contribution in [1.29, 1.82) is 0 Å². The predicted molar refractivity (Wildman–Crippen MR) is 67.4 cm³/mol. The second-order valence-corrected chi connectivity index (χ2v) is 8.10. The number of nitrogens with zero attached hydrogens (tertiary/aromatic N) is 1. The topological polar surface area (TPSA) is 49.4 Å². The normalized spacial score (nSPS) is 25.4. The fourth-order valence-electron chi connectivity index (χ4n) is 1.87. The lowest BCUT2D eigenvalue weighted by molar-refractivity contribution is 0.266. The van der Waals surface area contributed by atoms with Crippen LogP contribution in [0.3, 0.4) is 0 Å². The molecule has 0 amide bonds. The molecule has 1 unspecified atom stereocenters. The van der Waals surface area contributed by atoms with Gasteiger partial charge in [0.05, 0.1) is 4.75 Å². The van der Waals surface area contributed by atoms with Crippen LogP contribution in [0.4, 0.5) is 0 Å². The van der Waals surface area contributed by atoms with E-state index in [9.17, 15) is 8.42 Å². The van der Waals surface area contributed by atoms with E-state index >= 15 is 0 Å². The third-order valence-corrected chi connectivity index (χ3v) is 5.54. The van der Waals surface area contributed by atoms with Gasteiger partial charge in [-0.15, -0.1) is 0 Å². The van der Waals surface area contributed by atoms with Gasteiger partial charge in [-0.25, -0.2) is 8.42 Å². The molecule has 1 aliphatic heterocycles. The molecule has 0 bridgehead atoms. The largest absolute Gasteiger partial charge is 0.313 e. The summed E-state index contributed by atoms with van der Waals surface area (Å²) in [5.74, 6) is 0. The minimum Gasteiger partial charge on any atom is -0.313 e. The lowest BCUT2D eigenvalue weighted by atomic mass is 10.2. The Hall–Kier alpha value is -0.130. The molecule has 1 rings (SSSR count). The van der Waals surface area contributed by atoms with E-state index < -0.39 is 14.6 Å². The Morgan fingerprint density at radius 3 is 2.56 bits per heavy atom. The van der Waals surface area contributed by atoms with Gasteiger partial charge in [-0.05, 0) is 33.7 Å². The summed E-state index contributed by atoms with van der Waals surface area (Å²) < 4.78 is 22.6. The smallest absolute Gasteiger partial charge is 0.153 e. The third-order valence-electron chi connectivity index (χ3n) is 3.41. The van der Waals surface area contributed by atoms with Crippen LogP contribution in [0.5, 0.6) is 0 Å². The maximum atomic E-state index is 11.6. The van der Waals surface area contributed by atoms with Crippen molar-refractivity contribution >= 4 is 9.84 Å². The molecule has 0 aliphatic carbocycles. The summed E-state index contributed by atoms with van der Waals surface area (Å²) in [5, 5.41) is 3.41. The molecule has 0 aromatic heterocycles. The summed E-state index contributed by atoms with van der Waals surface area (Å²) in [4.78, 5) is 2.25. The van der Waals surface area contributed by atoms with Gasteiger partial charge in [0.15, 0.2) is 9.84 Å². The molecule has 96 valence electrons. The van der Waals surface area contributed by atoms with Gasteiger partial charge < -0.3 is 10.2 Å². The summed E-state index contributed by atoms with van der Waals surface area (Å²) in [6, 6.07) is 0.534. The highest BCUT2D eigenvalue weighted by Crippen LogP contribution is 2.17. The summed E-state index contributed by atoms with van der Waals surface area (Å²) >= 11 is 0. The highest BCUT2D eigenvalue weighted by molar-refractivity contribution is 7.92. The Labute approximate surface area is 99.3 Å². The van der Waals surface area contributed by atoms with E-state index in [2.05, 4.69) is 17.1 Å². The molecular weight excluding hydrogens is 224 g/mol. The van der Waals surface area contributed by atoms with Crippen molar-refractivity contribution in [3.63, 3.8) is 0 Å². The molecule has 0 radical (unpaired) electrons. The van der Waals surface area contributed by atoms with Crippen LogP contribution >= 0.6 is 0 Å². The second kappa shape index (κ2) is 5.02. The zero-order valence-corrected chi connectivity index (χ0v) is 11.6. The van der Waals surface area contributed by atoms with Crippen molar-refractivity contribution < 1.29 is 8.42 Å². The highest BCUT2D eigenvalue weighted by Gasteiger charge is 2.32. The molecule has 1 atom stereocenters. The average molecular weight is 248 g/mol. The minimum absolute atomic E-state index is 0.534. The predicted octanol–water partition coefficient (Wildman–Crippen LogP) is 0.493. The van der Waals surface area contributed by atoms with Gasteiger partial charge in [-0.3, -0.25) is 0 Å². The van der Waals surface area contributed by atoms with Crippen LogP contribution in [0.1, 0.15) is 27.2 Å². The Kier molecular flexibility index (Phi) is 4.37. The van der Waals surface area contributed by atoms with Gasteiger partial charge in [0, 0.05) is 31.9 Å². The molecule has 0 saturated carbocycles. The third kappa shape index (κ3) is 3.71. The number of hydrogen-bond donors (Lipinski definition) is 1. The first-order valence-corrected chi connectivity index (χ1v) is 7.77. The van der Waals surface area contributed by atoms with Crippen molar-refractivity contribution in [3.05, 3.63) is 0 Å². The average Bonchev–Trinajstić information content (AvgIpc) is 2.28. The van der Waals surface area contributed by atoms with E-state index in [1.54, 1.807) is 0 Å². The maximum Gasteiger partial charge on any atom is 0.153 e. The van der Waals surface area contributed by atoms with Crippen molar-refractivity contribution in [1.82, 2.24) is 10.2 Å². The molecule has 0 spiro atoms. The van der Waals surface area contributed by atoms with Gasteiger partial charge in [0.1, 0.15) is 0 Å². The maximum absolute atomic E-state index is 11.6. The van der Waals surface area contributed by atoms with Crippen molar-refractivity contribution in [2.24, 2.45) is 0 Å². The molecule has 1 heterocycles. The lowest BCUT2D eigenvalue weighted by Gasteiger charge is -2.30. The summed E-state index contributed by atoms with van der Waals surface area (Å²) in [5.41, 5.74) is 0. The second-order valence-electron chi connectivity index (χ2n) is 5.45. The molecule has 0 aromatic carbocycles. The molecule has 16 heavy (non-hydrogen) atoms. The van der Waals surface area contributed by atoms with E-state index in [4.69, 9.17) is 0 Å². The zero-order valence-electron chi connectivity index (χ0n) is 10.8. The first-order valence-electron chi connectivity index (χ1n) is 5.88. The van der Waals surface area contributed by atoms with Crippen LogP contribution in [0, 0.1) is 0 Å². The van der Waals surface area contributed by atoms with Gasteiger partial charge in [0.2, 0.25) is 0 Å². The Morgan fingerprint density at radius 2 is 2.00 bits per heavy atom. The van der Waals surface area contributed by atoms with Crippen LogP contribution in [-0.4, -0.2) is 56.5 Å². The Bertz CT molecular complexity index is 325. The highest BCUT2D eigenvalue weighted by atomic mass is 32.2. The van der Waals surface area contributed by atoms with Crippen molar-refractivity contribution in [2.75, 3.05) is 32.4 Å². The number of hydrogen-bond acceptors (Lipinski definition) is 4. The van der Waals surface area contributed by atoms with E-state index in [-0.39, 0.29) is 0 Å². The standard InChI is InChI=1S/C11H24N2O2S/c1-10-5-7-13(8-6-12-10)9-11(2,3)16(4,14)15/h10,12H,5-9H2,1-4H3. The first-order chi connectivity index (χ1) is 7.22. The monoisotopic (exact) mass is 248 g/mol. The fourth-order valence-corrected chi connectivity index (χ4v) is 2.29.